The molecule has 0 amide bonds. The van der Waals surface area contributed by atoms with Gasteiger partial charge in [-0.15, -0.1) is 0 Å². The molecule has 0 atom stereocenters. The summed E-state index contributed by atoms with van der Waals surface area (Å²) in [6.07, 6.45) is 2.98. The Bertz CT molecular complexity index is 361. The molecule has 0 aliphatic carbocycles. The summed E-state index contributed by atoms with van der Waals surface area (Å²) >= 11 is 1.69. The molecule has 1 aromatic carbocycles. The van der Waals surface area contributed by atoms with Crippen molar-refractivity contribution in [2.75, 3.05) is 11.5 Å². The lowest BCUT2D eigenvalue weighted by Crippen LogP contribution is -1.96. The van der Waals surface area contributed by atoms with E-state index in [2.05, 4.69) is 0 Å². The van der Waals surface area contributed by atoms with Crippen LogP contribution in [0.5, 0.6) is 0 Å². The Balaban J connectivity index is 0.000000187. The van der Waals surface area contributed by atoms with Crippen molar-refractivity contribution in [3.8, 4) is 0 Å². The van der Waals surface area contributed by atoms with Crippen LogP contribution in [0.25, 0.3) is 0 Å². The van der Waals surface area contributed by atoms with Crippen molar-refractivity contribution in [3.63, 3.8) is 0 Å². The summed E-state index contributed by atoms with van der Waals surface area (Å²) < 4.78 is 30.8. The van der Waals surface area contributed by atoms with E-state index in [0.29, 0.717) is 0 Å². The zero-order valence-corrected chi connectivity index (χ0v) is 10.0. The lowest BCUT2D eigenvalue weighted by molar-refractivity contribution is 0.463. The molecule has 3 nitrogen and oxygen atoms in total. The maximum atomic E-state index is 10.3. The number of thiol groups is 1. The molecule has 0 unspecified atom stereocenters. The Labute approximate surface area is 94.6 Å². The summed E-state index contributed by atoms with van der Waals surface area (Å²) in [7, 11) is -4.25. The van der Waals surface area contributed by atoms with Gasteiger partial charge in [0.2, 0.25) is 0 Å². The minimum atomic E-state index is -4.25. The van der Waals surface area contributed by atoms with E-state index in [1.165, 1.54) is 48.6 Å². The van der Waals surface area contributed by atoms with Crippen LogP contribution >= 0.6 is 0 Å². The van der Waals surface area contributed by atoms with Crippen LogP contribution in [-0.4, -0.2) is 24.5 Å². The summed E-state index contributed by atoms with van der Waals surface area (Å²) in [5, 5.41) is 0. The average molecular weight is 246 g/mol. The zero-order valence-electron chi connectivity index (χ0n) is 8.30. The monoisotopic (exact) mass is 246 g/mol. The third-order valence-corrected chi connectivity index (χ3v) is 4.03. The van der Waals surface area contributed by atoms with E-state index >= 15 is 0 Å². The number of rotatable bonds is 1. The molecule has 0 saturated carbocycles. The first-order valence-corrected chi connectivity index (χ1v) is 7.42. The van der Waals surface area contributed by atoms with E-state index in [9.17, 15) is 13.0 Å². The standard InChI is InChI=1S/C6H6O3S.C4H8S/c7-10(8,9)6-4-2-1-3-5-6;1-2-4-5-3-1/h1-5H,(H,7,8,9);1-4H2. The molecule has 5 heteroatoms. The van der Waals surface area contributed by atoms with Crippen LogP contribution in [0.15, 0.2) is 35.2 Å². The molecule has 1 aromatic rings. The van der Waals surface area contributed by atoms with Crippen molar-refractivity contribution < 1.29 is 13.0 Å². The van der Waals surface area contributed by atoms with Crippen molar-refractivity contribution in [3.05, 3.63) is 30.3 Å². The van der Waals surface area contributed by atoms with Crippen LogP contribution in [0.3, 0.4) is 0 Å². The molecule has 0 spiro atoms. The Hall–Kier alpha value is -0.520. The van der Waals surface area contributed by atoms with Crippen molar-refractivity contribution in [1.29, 1.82) is 0 Å². The molecule has 1 aliphatic rings. The van der Waals surface area contributed by atoms with Crippen LogP contribution in [0.1, 0.15) is 12.8 Å². The maximum absolute atomic E-state index is 10.3. The molecule has 0 radical (unpaired) electrons. The van der Waals surface area contributed by atoms with Crippen molar-refractivity contribution in [2.24, 2.45) is 0 Å². The van der Waals surface area contributed by atoms with Crippen LogP contribution in [0.4, 0.5) is 0 Å². The quantitative estimate of drug-likeness (QED) is 0.425. The van der Waals surface area contributed by atoms with Gasteiger partial charge in [-0.2, -0.15) is 0 Å². The highest BCUT2D eigenvalue weighted by Crippen LogP contribution is 2.05. The molecular weight excluding hydrogens is 232 g/mol. The van der Waals surface area contributed by atoms with E-state index in [1.807, 2.05) is 0 Å². The van der Waals surface area contributed by atoms with Crippen molar-refractivity contribution in [2.45, 2.75) is 17.7 Å². The molecule has 1 saturated heterocycles. The summed E-state index contributed by atoms with van der Waals surface area (Å²) in [4.78, 5) is -0.185. The molecule has 0 aromatic heterocycles. The lowest BCUT2D eigenvalue weighted by atomic mass is 10.4. The third kappa shape index (κ3) is 5.20. The Kier molecular flexibility index (Phi) is 5.14. The largest absolute Gasteiger partial charge is 0.744 e. The first-order valence-electron chi connectivity index (χ1n) is 4.75. The van der Waals surface area contributed by atoms with Gasteiger partial charge in [0.1, 0.15) is 21.6 Å². The highest BCUT2D eigenvalue weighted by atomic mass is 32.2. The second kappa shape index (κ2) is 6.15. The smallest absolute Gasteiger partial charge is 0.124 e. The van der Waals surface area contributed by atoms with E-state index < -0.39 is 10.1 Å². The second-order valence-electron chi connectivity index (χ2n) is 3.15. The van der Waals surface area contributed by atoms with E-state index in [1.54, 1.807) is 17.8 Å². The fourth-order valence-electron chi connectivity index (χ4n) is 1.15. The van der Waals surface area contributed by atoms with E-state index in [0.717, 1.165) is 0 Å². The first-order chi connectivity index (χ1) is 7.11. The Morgan fingerprint density at radius 3 is 1.87 bits per heavy atom. The molecule has 1 aliphatic heterocycles. The average Bonchev–Trinajstić information content (AvgIpc) is 2.76. The zero-order chi connectivity index (χ0) is 11.1. The molecule has 15 heavy (non-hydrogen) atoms. The van der Waals surface area contributed by atoms with Crippen LogP contribution in [0, 0.1) is 0 Å². The van der Waals surface area contributed by atoms with Gasteiger partial charge in [0.05, 0.1) is 4.90 Å². The van der Waals surface area contributed by atoms with Gasteiger partial charge in [0, 0.05) is 0 Å². The molecule has 84 valence electrons. The number of benzene rings is 1. The number of hydrogen-bond donors (Lipinski definition) is 0. The first kappa shape index (κ1) is 12.5. The highest BCUT2D eigenvalue weighted by molar-refractivity contribution is 7.85. The molecule has 0 N–H and O–H groups in total. The Morgan fingerprint density at radius 1 is 1.07 bits per heavy atom. The predicted octanol–water partition coefficient (Wildman–Crippen LogP) is 1.19. The van der Waals surface area contributed by atoms with Gasteiger partial charge in [-0.1, -0.05) is 18.2 Å². The Morgan fingerprint density at radius 2 is 1.60 bits per heavy atom. The predicted molar refractivity (Wildman–Crippen MR) is 62.1 cm³/mol. The highest BCUT2D eigenvalue weighted by Gasteiger charge is 2.04. The third-order valence-electron chi connectivity index (χ3n) is 1.91. The van der Waals surface area contributed by atoms with Gasteiger partial charge in [-0.3, -0.25) is 0 Å². The van der Waals surface area contributed by atoms with Crippen LogP contribution in [0.2, 0.25) is 0 Å². The van der Waals surface area contributed by atoms with Gasteiger partial charge < -0.3 is 4.55 Å². The molecular formula is C10H14O3S2. The fraction of sp³-hybridized carbons (Fsp3) is 0.400. The van der Waals surface area contributed by atoms with E-state index in [4.69, 9.17) is 0 Å². The summed E-state index contributed by atoms with van der Waals surface area (Å²) in [5.41, 5.74) is 0. The van der Waals surface area contributed by atoms with Crippen LogP contribution in [-0.2, 0) is 21.9 Å². The fourth-order valence-corrected chi connectivity index (χ4v) is 2.75. The maximum Gasteiger partial charge on any atom is 0.124 e. The topological polar surface area (TPSA) is 57.2 Å². The molecule has 1 heterocycles. The van der Waals surface area contributed by atoms with Gasteiger partial charge in [0.25, 0.3) is 0 Å². The SMILES string of the molecule is C1CC[SH+]C1.O=S(=O)([O-])c1ccccc1. The normalized spacial score (nSPS) is 15.5. The minimum absolute atomic E-state index is 0.185. The summed E-state index contributed by atoms with van der Waals surface area (Å²) in [6.45, 7) is 0. The second-order valence-corrected chi connectivity index (χ2v) is 5.87. The van der Waals surface area contributed by atoms with E-state index in [-0.39, 0.29) is 4.90 Å². The van der Waals surface area contributed by atoms with Crippen LogP contribution < -0.4 is 0 Å². The van der Waals surface area contributed by atoms with Gasteiger partial charge in [-0.05, 0) is 36.7 Å². The molecule has 1 fully saturated rings. The lowest BCUT2D eigenvalue weighted by Gasteiger charge is -2.04. The summed E-state index contributed by atoms with van der Waals surface area (Å²) in [6, 6.07) is 7.19. The number of hydrogen-bond acceptors (Lipinski definition) is 3. The molecule has 2 rings (SSSR count). The van der Waals surface area contributed by atoms with Crippen molar-refractivity contribution in [1.82, 2.24) is 0 Å². The minimum Gasteiger partial charge on any atom is -0.744 e. The summed E-state index contributed by atoms with van der Waals surface area (Å²) in [5.74, 6) is 2.94. The van der Waals surface area contributed by atoms with Gasteiger partial charge in [-0.25, -0.2) is 8.42 Å². The van der Waals surface area contributed by atoms with Gasteiger partial charge >= 0.3 is 0 Å². The van der Waals surface area contributed by atoms with Crippen molar-refractivity contribution >= 4 is 21.9 Å². The molecule has 0 bridgehead atoms. The van der Waals surface area contributed by atoms with Gasteiger partial charge in [0.15, 0.2) is 0 Å².